The summed E-state index contributed by atoms with van der Waals surface area (Å²) < 4.78 is 37.1. The molecule has 0 atom stereocenters. The minimum atomic E-state index is -3.67. The zero-order valence-corrected chi connectivity index (χ0v) is 18.6. The van der Waals surface area contributed by atoms with Gasteiger partial charge in [-0.1, -0.05) is 23.7 Å². The van der Waals surface area contributed by atoms with Crippen LogP contribution < -0.4 is 9.64 Å². The van der Waals surface area contributed by atoms with Gasteiger partial charge in [0.05, 0.1) is 21.2 Å². The van der Waals surface area contributed by atoms with Gasteiger partial charge in [0.25, 0.3) is 0 Å². The van der Waals surface area contributed by atoms with Gasteiger partial charge in [-0.3, -0.25) is 0 Å². The quantitative estimate of drug-likeness (QED) is 0.451. The fraction of sp³-hybridized carbons (Fsp3) is 0.381. The van der Waals surface area contributed by atoms with Crippen LogP contribution in [0.3, 0.4) is 0 Å². The van der Waals surface area contributed by atoms with Crippen molar-refractivity contribution >= 4 is 33.3 Å². The summed E-state index contributed by atoms with van der Waals surface area (Å²) in [7, 11) is -0.767. The molecule has 2 aromatic rings. The van der Waals surface area contributed by atoms with Crippen LogP contribution in [-0.2, 0) is 14.8 Å². The third-order valence-corrected chi connectivity index (χ3v) is 6.95. The van der Waals surface area contributed by atoms with E-state index in [2.05, 4.69) is 4.90 Å². The zero-order valence-electron chi connectivity index (χ0n) is 17.0. The Hall–Kier alpha value is -2.29. The van der Waals surface area contributed by atoms with Crippen molar-refractivity contribution in [1.29, 1.82) is 0 Å². The van der Waals surface area contributed by atoms with Crippen molar-refractivity contribution in [2.45, 2.75) is 17.7 Å². The molecule has 9 heteroatoms. The second-order valence-electron chi connectivity index (χ2n) is 7.08. The number of carbonyl (C=O) groups excluding carboxylic acids is 1. The average Bonchev–Trinajstić information content (AvgIpc) is 3.26. The number of hydrogen-bond acceptors (Lipinski definition) is 6. The van der Waals surface area contributed by atoms with E-state index in [1.165, 1.54) is 26.2 Å². The standard InChI is InChI=1S/C21H25ClN2O5S/c1-23(2)30(26,27)16-9-10-19(24-11-5-6-12-24)17(15-16)21(25)29-14-13-28-20-8-4-3-7-18(20)22/h3-4,7-10,15H,5-6,11-14H2,1-2H3. The maximum atomic E-state index is 12.8. The molecule has 7 nitrogen and oxygen atoms in total. The van der Waals surface area contributed by atoms with Crippen LogP contribution in [0.4, 0.5) is 5.69 Å². The predicted molar refractivity (Wildman–Crippen MR) is 116 cm³/mol. The largest absolute Gasteiger partial charge is 0.488 e. The third-order valence-electron chi connectivity index (χ3n) is 4.82. The Balaban J connectivity index is 1.75. The van der Waals surface area contributed by atoms with Gasteiger partial charge in [-0.25, -0.2) is 17.5 Å². The highest BCUT2D eigenvalue weighted by Crippen LogP contribution is 2.29. The van der Waals surface area contributed by atoms with Crippen LogP contribution in [0.2, 0.25) is 5.02 Å². The summed E-state index contributed by atoms with van der Waals surface area (Å²) in [6.45, 7) is 1.77. The Morgan fingerprint density at radius 2 is 1.80 bits per heavy atom. The zero-order chi connectivity index (χ0) is 21.7. The molecule has 0 bridgehead atoms. The van der Waals surface area contributed by atoms with Crippen molar-refractivity contribution in [1.82, 2.24) is 4.31 Å². The first-order valence-corrected chi connectivity index (χ1v) is 11.5. The molecule has 1 saturated heterocycles. The smallest absolute Gasteiger partial charge is 0.340 e. The number of esters is 1. The number of nitrogens with zero attached hydrogens (tertiary/aromatic N) is 2. The Labute approximate surface area is 182 Å². The minimum Gasteiger partial charge on any atom is -0.488 e. The SMILES string of the molecule is CN(C)S(=O)(=O)c1ccc(N2CCCC2)c(C(=O)OCCOc2ccccc2Cl)c1. The van der Waals surface area contributed by atoms with E-state index in [0.29, 0.717) is 16.5 Å². The highest BCUT2D eigenvalue weighted by atomic mass is 35.5. The molecule has 1 aliphatic rings. The number of para-hydroxylation sites is 1. The Morgan fingerprint density at radius 3 is 2.47 bits per heavy atom. The molecule has 2 aromatic carbocycles. The molecule has 1 fully saturated rings. The fourth-order valence-corrected chi connectivity index (χ4v) is 4.33. The summed E-state index contributed by atoms with van der Waals surface area (Å²) in [6, 6.07) is 11.6. The molecule has 1 heterocycles. The van der Waals surface area contributed by atoms with Crippen LogP contribution in [0, 0.1) is 0 Å². The molecule has 0 amide bonds. The van der Waals surface area contributed by atoms with Crippen LogP contribution in [-0.4, -0.2) is 59.1 Å². The van der Waals surface area contributed by atoms with E-state index in [4.69, 9.17) is 21.1 Å². The van der Waals surface area contributed by atoms with Crippen molar-refractivity contribution in [3.8, 4) is 5.75 Å². The number of ether oxygens (including phenoxy) is 2. The van der Waals surface area contributed by atoms with E-state index in [9.17, 15) is 13.2 Å². The lowest BCUT2D eigenvalue weighted by Crippen LogP contribution is -2.25. The van der Waals surface area contributed by atoms with Crippen LogP contribution >= 0.6 is 11.6 Å². The lowest BCUT2D eigenvalue weighted by molar-refractivity contribution is 0.0451. The predicted octanol–water partition coefficient (Wildman–Crippen LogP) is 3.43. The normalized spacial score (nSPS) is 14.2. The summed E-state index contributed by atoms with van der Waals surface area (Å²) in [6.07, 6.45) is 2.05. The Bertz CT molecular complexity index is 1000. The van der Waals surface area contributed by atoms with Gasteiger partial charge in [-0.15, -0.1) is 0 Å². The molecule has 0 spiro atoms. The van der Waals surface area contributed by atoms with Crippen LogP contribution in [0.1, 0.15) is 23.2 Å². The number of carbonyl (C=O) groups is 1. The lowest BCUT2D eigenvalue weighted by atomic mass is 10.1. The van der Waals surface area contributed by atoms with Gasteiger partial charge >= 0.3 is 5.97 Å². The summed E-state index contributed by atoms with van der Waals surface area (Å²) in [4.78, 5) is 14.9. The van der Waals surface area contributed by atoms with Crippen molar-refractivity contribution in [3.05, 3.63) is 53.1 Å². The lowest BCUT2D eigenvalue weighted by Gasteiger charge is -2.22. The van der Waals surface area contributed by atoms with Gasteiger partial charge in [0.2, 0.25) is 10.0 Å². The van der Waals surface area contributed by atoms with E-state index < -0.39 is 16.0 Å². The molecule has 0 N–H and O–H groups in total. The molecule has 0 aliphatic carbocycles. The Kier molecular flexibility index (Phi) is 7.23. The van der Waals surface area contributed by atoms with E-state index in [-0.39, 0.29) is 23.7 Å². The van der Waals surface area contributed by atoms with Gasteiger partial charge in [0.1, 0.15) is 19.0 Å². The van der Waals surface area contributed by atoms with Crippen LogP contribution in [0.25, 0.3) is 0 Å². The highest BCUT2D eigenvalue weighted by Gasteiger charge is 2.25. The monoisotopic (exact) mass is 452 g/mol. The summed E-state index contributed by atoms with van der Waals surface area (Å²) >= 11 is 6.04. The third kappa shape index (κ3) is 5.06. The molecule has 162 valence electrons. The Morgan fingerprint density at radius 1 is 1.10 bits per heavy atom. The van der Waals surface area contributed by atoms with E-state index in [0.717, 1.165) is 30.2 Å². The minimum absolute atomic E-state index is 0.00809. The number of rotatable bonds is 8. The topological polar surface area (TPSA) is 76.2 Å². The maximum Gasteiger partial charge on any atom is 0.340 e. The molecule has 1 aliphatic heterocycles. The van der Waals surface area contributed by atoms with Crippen LogP contribution in [0.5, 0.6) is 5.75 Å². The number of sulfonamides is 1. The fourth-order valence-electron chi connectivity index (χ4n) is 3.21. The number of hydrogen-bond donors (Lipinski definition) is 0. The van der Waals surface area contributed by atoms with Crippen molar-refractivity contribution in [2.24, 2.45) is 0 Å². The second kappa shape index (κ2) is 9.68. The van der Waals surface area contributed by atoms with Gasteiger partial charge in [-0.05, 0) is 43.2 Å². The number of anilines is 1. The number of benzene rings is 2. The maximum absolute atomic E-state index is 12.8. The van der Waals surface area contributed by atoms with Gasteiger partial charge in [0, 0.05) is 27.2 Å². The van der Waals surface area contributed by atoms with E-state index in [1.807, 2.05) is 0 Å². The average molecular weight is 453 g/mol. The van der Waals surface area contributed by atoms with E-state index in [1.54, 1.807) is 30.3 Å². The van der Waals surface area contributed by atoms with Gasteiger partial charge < -0.3 is 14.4 Å². The van der Waals surface area contributed by atoms with Crippen molar-refractivity contribution in [2.75, 3.05) is 45.3 Å². The molecule has 0 unspecified atom stereocenters. The molecule has 30 heavy (non-hydrogen) atoms. The second-order valence-corrected chi connectivity index (χ2v) is 9.63. The van der Waals surface area contributed by atoms with Gasteiger partial charge in [-0.2, -0.15) is 0 Å². The summed E-state index contributed by atoms with van der Waals surface area (Å²) in [5.74, 6) is -0.0810. The van der Waals surface area contributed by atoms with Gasteiger partial charge in [0.15, 0.2) is 0 Å². The highest BCUT2D eigenvalue weighted by molar-refractivity contribution is 7.89. The molecule has 3 rings (SSSR count). The first-order valence-electron chi connectivity index (χ1n) is 9.66. The molecule has 0 radical (unpaired) electrons. The van der Waals surface area contributed by atoms with Crippen molar-refractivity contribution < 1.29 is 22.7 Å². The summed E-state index contributed by atoms with van der Waals surface area (Å²) in [5, 5.41) is 0.474. The van der Waals surface area contributed by atoms with E-state index >= 15 is 0 Å². The summed E-state index contributed by atoms with van der Waals surface area (Å²) in [5.41, 5.74) is 0.916. The molecular formula is C21H25ClN2O5S. The molecule has 0 saturated carbocycles. The molecular weight excluding hydrogens is 428 g/mol. The van der Waals surface area contributed by atoms with Crippen molar-refractivity contribution in [3.63, 3.8) is 0 Å². The molecule has 0 aromatic heterocycles. The van der Waals surface area contributed by atoms with Crippen LogP contribution in [0.15, 0.2) is 47.4 Å². The number of halogens is 1. The first kappa shape index (κ1) is 22.4. The first-order chi connectivity index (χ1) is 14.3.